The van der Waals surface area contributed by atoms with Gasteiger partial charge in [0.25, 0.3) is 0 Å². The summed E-state index contributed by atoms with van der Waals surface area (Å²) in [6.45, 7) is 2.03. The Morgan fingerprint density at radius 2 is 2.12 bits per heavy atom. The average molecular weight is 234 g/mol. The summed E-state index contributed by atoms with van der Waals surface area (Å²) < 4.78 is 1.37. The van der Waals surface area contributed by atoms with Crippen molar-refractivity contribution in [1.82, 2.24) is 0 Å². The van der Waals surface area contributed by atoms with Crippen molar-refractivity contribution in [3.8, 4) is 0 Å². The van der Waals surface area contributed by atoms with Crippen LogP contribution in [0.3, 0.4) is 0 Å². The number of aryl methyl sites for hydroxylation is 1. The first-order valence-electron chi connectivity index (χ1n) is 5.94. The second-order valence-corrected chi connectivity index (χ2v) is 5.12. The van der Waals surface area contributed by atoms with Gasteiger partial charge in [-0.25, -0.2) is 0 Å². The van der Waals surface area contributed by atoms with Crippen LogP contribution in [0.4, 0.5) is 0 Å². The van der Waals surface area contributed by atoms with Crippen LogP contribution in [0.1, 0.15) is 31.7 Å². The van der Waals surface area contributed by atoms with Gasteiger partial charge in [0.15, 0.2) is 0 Å². The van der Waals surface area contributed by atoms with Crippen LogP contribution in [0.2, 0.25) is 0 Å². The Morgan fingerprint density at radius 3 is 2.94 bits per heavy atom. The molecule has 1 heterocycles. The fourth-order valence-corrected chi connectivity index (χ4v) is 2.96. The minimum atomic E-state index is -0.120. The molecule has 0 aliphatic heterocycles. The van der Waals surface area contributed by atoms with Crippen LogP contribution in [0.5, 0.6) is 0 Å². The first kappa shape index (κ1) is 11.6. The van der Waals surface area contributed by atoms with Gasteiger partial charge in [-0.05, 0) is 48.1 Å². The molecule has 0 bridgehead atoms. The lowest BCUT2D eigenvalue weighted by atomic mass is 10.0. The Balaban J connectivity index is 1.99. The quantitative estimate of drug-likeness (QED) is 0.829. The molecular formula is C14H18OS. The molecule has 1 N–H and O–H groups in total. The van der Waals surface area contributed by atoms with E-state index in [2.05, 4.69) is 29.6 Å². The van der Waals surface area contributed by atoms with Crippen molar-refractivity contribution in [2.24, 2.45) is 0 Å². The van der Waals surface area contributed by atoms with Gasteiger partial charge in [0.2, 0.25) is 0 Å². The summed E-state index contributed by atoms with van der Waals surface area (Å²) in [7, 11) is 0. The molecule has 1 atom stereocenters. The Kier molecular flexibility index (Phi) is 3.97. The maximum Gasteiger partial charge on any atom is 0.0537 e. The molecule has 1 nitrogen and oxygen atoms in total. The van der Waals surface area contributed by atoms with E-state index in [0.717, 1.165) is 25.7 Å². The molecule has 2 heteroatoms. The highest BCUT2D eigenvalue weighted by molar-refractivity contribution is 7.17. The summed E-state index contributed by atoms with van der Waals surface area (Å²) >= 11 is 1.82. The van der Waals surface area contributed by atoms with Gasteiger partial charge in [-0.15, -0.1) is 11.3 Å². The second kappa shape index (κ2) is 5.46. The molecule has 1 unspecified atom stereocenters. The van der Waals surface area contributed by atoms with E-state index in [4.69, 9.17) is 0 Å². The first-order valence-corrected chi connectivity index (χ1v) is 6.82. The molecule has 0 amide bonds. The van der Waals surface area contributed by atoms with E-state index in [1.54, 1.807) is 0 Å². The van der Waals surface area contributed by atoms with Crippen LogP contribution >= 0.6 is 11.3 Å². The summed E-state index contributed by atoms with van der Waals surface area (Å²) in [6.07, 6.45) is 3.83. The van der Waals surface area contributed by atoms with Crippen LogP contribution in [0.15, 0.2) is 29.6 Å². The van der Waals surface area contributed by atoms with Gasteiger partial charge in [0.1, 0.15) is 0 Å². The summed E-state index contributed by atoms with van der Waals surface area (Å²) in [6, 6.07) is 8.55. The number of aliphatic hydroxyl groups is 1. The number of fused-ring (bicyclic) bond motifs is 1. The lowest BCUT2D eigenvalue weighted by molar-refractivity contribution is 0.158. The van der Waals surface area contributed by atoms with Crippen LogP contribution in [-0.2, 0) is 6.42 Å². The first-order chi connectivity index (χ1) is 7.81. The molecule has 0 saturated heterocycles. The predicted molar refractivity (Wildman–Crippen MR) is 71.1 cm³/mol. The molecule has 0 fully saturated rings. The highest BCUT2D eigenvalue weighted by Gasteiger charge is 2.05. The van der Waals surface area contributed by atoms with Crippen LogP contribution in [0, 0.1) is 0 Å². The summed E-state index contributed by atoms with van der Waals surface area (Å²) in [5.74, 6) is 0. The minimum Gasteiger partial charge on any atom is -0.393 e. The number of hydrogen-bond donors (Lipinski definition) is 1. The molecule has 0 radical (unpaired) electrons. The lowest BCUT2D eigenvalue weighted by Gasteiger charge is -2.06. The van der Waals surface area contributed by atoms with E-state index >= 15 is 0 Å². The smallest absolute Gasteiger partial charge is 0.0537 e. The molecule has 0 saturated carbocycles. The summed E-state index contributed by atoms with van der Waals surface area (Å²) in [5, 5.41) is 13.1. The van der Waals surface area contributed by atoms with Crippen molar-refractivity contribution >= 4 is 21.4 Å². The lowest BCUT2D eigenvalue weighted by Crippen LogP contribution is -2.04. The molecule has 2 aromatic rings. The molecule has 16 heavy (non-hydrogen) atoms. The molecule has 86 valence electrons. The molecule has 2 rings (SSSR count). The van der Waals surface area contributed by atoms with Gasteiger partial charge >= 0.3 is 0 Å². The molecule has 0 aliphatic carbocycles. The minimum absolute atomic E-state index is 0.120. The van der Waals surface area contributed by atoms with Crippen molar-refractivity contribution < 1.29 is 5.11 Å². The van der Waals surface area contributed by atoms with Crippen molar-refractivity contribution in [2.45, 2.75) is 38.7 Å². The highest BCUT2D eigenvalue weighted by atomic mass is 32.1. The SMILES string of the molecule is CCC(O)CCCc1csc2ccccc12. The van der Waals surface area contributed by atoms with Crippen LogP contribution in [-0.4, -0.2) is 11.2 Å². The number of thiophene rings is 1. The molecule has 1 aromatic heterocycles. The zero-order valence-electron chi connectivity index (χ0n) is 9.65. The molecule has 1 aromatic carbocycles. The number of aliphatic hydroxyl groups excluding tert-OH is 1. The third-order valence-electron chi connectivity index (χ3n) is 3.02. The Hall–Kier alpha value is -0.860. The number of rotatable bonds is 5. The predicted octanol–water partition coefficient (Wildman–Crippen LogP) is 3.99. The van der Waals surface area contributed by atoms with E-state index in [1.807, 2.05) is 18.3 Å². The topological polar surface area (TPSA) is 20.2 Å². The Morgan fingerprint density at radius 1 is 1.31 bits per heavy atom. The van der Waals surface area contributed by atoms with E-state index in [1.165, 1.54) is 15.6 Å². The van der Waals surface area contributed by atoms with Crippen molar-refractivity contribution in [1.29, 1.82) is 0 Å². The van der Waals surface area contributed by atoms with Gasteiger partial charge in [-0.3, -0.25) is 0 Å². The van der Waals surface area contributed by atoms with Crippen LogP contribution < -0.4 is 0 Å². The van der Waals surface area contributed by atoms with E-state index in [0.29, 0.717) is 0 Å². The zero-order chi connectivity index (χ0) is 11.4. The molecular weight excluding hydrogens is 216 g/mol. The zero-order valence-corrected chi connectivity index (χ0v) is 10.5. The Labute approximate surface area is 101 Å². The maximum atomic E-state index is 9.50. The van der Waals surface area contributed by atoms with Gasteiger partial charge < -0.3 is 5.11 Å². The van der Waals surface area contributed by atoms with Gasteiger partial charge in [-0.1, -0.05) is 25.1 Å². The van der Waals surface area contributed by atoms with Crippen molar-refractivity contribution in [3.63, 3.8) is 0 Å². The number of hydrogen-bond acceptors (Lipinski definition) is 2. The summed E-state index contributed by atoms with van der Waals surface area (Å²) in [4.78, 5) is 0. The number of benzene rings is 1. The normalized spacial score (nSPS) is 13.1. The van der Waals surface area contributed by atoms with E-state index in [-0.39, 0.29) is 6.10 Å². The molecule has 0 aliphatic rings. The van der Waals surface area contributed by atoms with E-state index in [9.17, 15) is 5.11 Å². The van der Waals surface area contributed by atoms with Crippen molar-refractivity contribution in [3.05, 3.63) is 35.2 Å². The fraction of sp³-hybridized carbons (Fsp3) is 0.429. The van der Waals surface area contributed by atoms with Gasteiger partial charge in [0.05, 0.1) is 6.10 Å². The highest BCUT2D eigenvalue weighted by Crippen LogP contribution is 2.26. The third kappa shape index (κ3) is 2.63. The summed E-state index contributed by atoms with van der Waals surface area (Å²) in [5.41, 5.74) is 1.43. The third-order valence-corrected chi connectivity index (χ3v) is 4.03. The van der Waals surface area contributed by atoms with Gasteiger partial charge in [-0.2, -0.15) is 0 Å². The Bertz CT molecular complexity index is 447. The van der Waals surface area contributed by atoms with Gasteiger partial charge in [0, 0.05) is 4.70 Å². The standard InChI is InChI=1S/C14H18OS/c1-2-12(15)7-5-6-11-10-16-14-9-4-3-8-13(11)14/h3-4,8-10,12,15H,2,5-7H2,1H3. The van der Waals surface area contributed by atoms with Crippen molar-refractivity contribution in [2.75, 3.05) is 0 Å². The second-order valence-electron chi connectivity index (χ2n) is 4.21. The largest absolute Gasteiger partial charge is 0.393 e. The average Bonchev–Trinajstić information content (AvgIpc) is 2.73. The molecule has 0 spiro atoms. The van der Waals surface area contributed by atoms with Crippen LogP contribution in [0.25, 0.3) is 10.1 Å². The fourth-order valence-electron chi connectivity index (χ4n) is 1.96. The maximum absolute atomic E-state index is 9.50. The van der Waals surface area contributed by atoms with E-state index < -0.39 is 0 Å². The monoisotopic (exact) mass is 234 g/mol.